The highest BCUT2D eigenvalue weighted by Crippen LogP contribution is 2.37. The molecular formula is C24H22ClFN6O2. The fraction of sp³-hybridized carbons (Fsp3) is 0.292. The molecule has 0 aliphatic carbocycles. The summed E-state index contributed by atoms with van der Waals surface area (Å²) < 4.78 is 26.0. The van der Waals surface area contributed by atoms with Gasteiger partial charge in [0.2, 0.25) is 5.88 Å². The highest BCUT2D eigenvalue weighted by molar-refractivity contribution is 6.31. The van der Waals surface area contributed by atoms with Gasteiger partial charge in [0.25, 0.3) is 0 Å². The third-order valence-corrected chi connectivity index (χ3v) is 6.27. The van der Waals surface area contributed by atoms with Crippen LogP contribution in [0.4, 0.5) is 10.1 Å². The second-order valence-corrected chi connectivity index (χ2v) is 8.32. The normalized spacial score (nSPS) is 14.9. The molecule has 0 amide bonds. The van der Waals surface area contributed by atoms with Gasteiger partial charge in [-0.2, -0.15) is 0 Å². The summed E-state index contributed by atoms with van der Waals surface area (Å²) in [5.74, 6) is -0.405. The molecule has 8 nitrogen and oxygen atoms in total. The van der Waals surface area contributed by atoms with Crippen LogP contribution >= 0.6 is 11.6 Å². The van der Waals surface area contributed by atoms with E-state index in [1.807, 2.05) is 13.0 Å². The van der Waals surface area contributed by atoms with E-state index in [2.05, 4.69) is 29.8 Å². The SMILES string of the molecule is COc1nccnc1C(C)c1cc(-c2ncnc3cc(N4CCOCC4)cnc23)c(F)cc1Cl. The molecule has 1 saturated heterocycles. The first-order valence-corrected chi connectivity index (χ1v) is 11.2. The third kappa shape index (κ3) is 4.12. The number of nitrogens with zero attached hydrogens (tertiary/aromatic N) is 6. The lowest BCUT2D eigenvalue weighted by Crippen LogP contribution is -2.36. The summed E-state index contributed by atoms with van der Waals surface area (Å²) in [6.45, 7) is 4.82. The fourth-order valence-corrected chi connectivity index (χ4v) is 4.46. The molecule has 1 atom stereocenters. The lowest BCUT2D eigenvalue weighted by molar-refractivity contribution is 0.122. The Hall–Kier alpha value is -3.43. The van der Waals surface area contributed by atoms with Gasteiger partial charge in [0.05, 0.1) is 37.7 Å². The minimum Gasteiger partial charge on any atom is -0.480 e. The average molecular weight is 481 g/mol. The Kier molecular flexibility index (Phi) is 6.21. The van der Waals surface area contributed by atoms with Gasteiger partial charge in [0.1, 0.15) is 29.0 Å². The van der Waals surface area contributed by atoms with Crippen LogP contribution in [0.25, 0.3) is 22.3 Å². The predicted molar refractivity (Wildman–Crippen MR) is 127 cm³/mol. The second-order valence-electron chi connectivity index (χ2n) is 7.91. The molecule has 1 unspecified atom stereocenters. The number of fused-ring (bicyclic) bond motifs is 1. The monoisotopic (exact) mass is 480 g/mol. The van der Waals surface area contributed by atoms with Crippen LogP contribution in [0.5, 0.6) is 5.88 Å². The topological polar surface area (TPSA) is 86.2 Å². The lowest BCUT2D eigenvalue weighted by atomic mass is 9.94. The van der Waals surface area contributed by atoms with E-state index in [1.54, 1.807) is 24.7 Å². The fourth-order valence-electron chi connectivity index (χ4n) is 4.14. The standard InChI is InChI=1S/C24H22ClFN6O2/c1-14(21-24(33-2)28-4-3-27-21)16-10-17(19(26)11-18(16)25)22-23-20(30-13-31-22)9-15(12-29-23)32-5-7-34-8-6-32/h3-4,9-14H,5-8H2,1-2H3. The van der Waals surface area contributed by atoms with E-state index in [0.29, 0.717) is 47.1 Å². The predicted octanol–water partition coefficient (Wildman–Crippen LogP) is 4.27. The minimum absolute atomic E-state index is 0.280. The van der Waals surface area contributed by atoms with Gasteiger partial charge in [-0.25, -0.2) is 19.3 Å². The molecule has 174 valence electrons. The molecule has 1 aliphatic heterocycles. The van der Waals surface area contributed by atoms with E-state index in [-0.39, 0.29) is 16.5 Å². The number of hydrogen-bond donors (Lipinski definition) is 0. The molecule has 0 spiro atoms. The second kappa shape index (κ2) is 9.44. The summed E-state index contributed by atoms with van der Waals surface area (Å²) in [6.07, 6.45) is 6.32. The quantitative estimate of drug-likeness (QED) is 0.418. The summed E-state index contributed by atoms with van der Waals surface area (Å²) in [5, 5.41) is 0.280. The summed E-state index contributed by atoms with van der Waals surface area (Å²) in [5.41, 5.74) is 4.05. The number of aromatic nitrogens is 5. The van der Waals surface area contributed by atoms with Crippen molar-refractivity contribution in [2.45, 2.75) is 12.8 Å². The van der Waals surface area contributed by atoms with E-state index < -0.39 is 5.82 Å². The van der Waals surface area contributed by atoms with Crippen molar-refractivity contribution in [3.63, 3.8) is 0 Å². The van der Waals surface area contributed by atoms with E-state index in [0.717, 1.165) is 18.8 Å². The van der Waals surface area contributed by atoms with E-state index in [1.165, 1.54) is 19.5 Å². The zero-order chi connectivity index (χ0) is 23.7. The third-order valence-electron chi connectivity index (χ3n) is 5.94. The first-order chi connectivity index (χ1) is 16.6. The molecule has 3 aromatic heterocycles. The van der Waals surface area contributed by atoms with Crippen molar-refractivity contribution in [3.8, 4) is 17.1 Å². The number of hydrogen-bond acceptors (Lipinski definition) is 8. The van der Waals surface area contributed by atoms with Gasteiger partial charge in [0.15, 0.2) is 0 Å². The Balaban J connectivity index is 1.59. The number of morpholine rings is 1. The van der Waals surface area contributed by atoms with Crippen LogP contribution in [-0.4, -0.2) is 58.3 Å². The van der Waals surface area contributed by atoms with E-state index >= 15 is 4.39 Å². The molecule has 0 saturated carbocycles. The molecule has 4 heterocycles. The van der Waals surface area contributed by atoms with Crippen molar-refractivity contribution in [1.29, 1.82) is 0 Å². The highest BCUT2D eigenvalue weighted by Gasteiger charge is 2.23. The number of halogens is 2. The maximum Gasteiger partial charge on any atom is 0.235 e. The molecule has 1 fully saturated rings. The van der Waals surface area contributed by atoms with Crippen LogP contribution < -0.4 is 9.64 Å². The maximum absolute atomic E-state index is 15.2. The summed E-state index contributed by atoms with van der Waals surface area (Å²) in [4.78, 5) is 24.2. The number of rotatable bonds is 5. The van der Waals surface area contributed by atoms with E-state index in [9.17, 15) is 0 Å². The van der Waals surface area contributed by atoms with Crippen molar-refractivity contribution in [2.24, 2.45) is 0 Å². The van der Waals surface area contributed by atoms with E-state index in [4.69, 9.17) is 21.1 Å². The van der Waals surface area contributed by atoms with Crippen LogP contribution in [0, 0.1) is 5.82 Å². The number of benzene rings is 1. The maximum atomic E-state index is 15.2. The van der Waals surface area contributed by atoms with Crippen LogP contribution in [0.1, 0.15) is 24.1 Å². The Morgan fingerprint density at radius 2 is 1.85 bits per heavy atom. The van der Waals surface area contributed by atoms with Gasteiger partial charge in [-0.1, -0.05) is 18.5 Å². The first-order valence-electron chi connectivity index (χ1n) is 10.8. The summed E-state index contributed by atoms with van der Waals surface area (Å²) >= 11 is 6.46. The molecular weight excluding hydrogens is 459 g/mol. The minimum atomic E-state index is -0.494. The Morgan fingerprint density at radius 1 is 1.06 bits per heavy atom. The largest absolute Gasteiger partial charge is 0.480 e. The first kappa shape index (κ1) is 22.4. The molecule has 0 N–H and O–H groups in total. The van der Waals surface area contributed by atoms with Crippen LogP contribution in [0.3, 0.4) is 0 Å². The van der Waals surface area contributed by atoms with Gasteiger partial charge < -0.3 is 14.4 Å². The molecule has 4 aromatic rings. The van der Waals surface area contributed by atoms with Crippen molar-refractivity contribution in [2.75, 3.05) is 38.3 Å². The van der Waals surface area contributed by atoms with Crippen molar-refractivity contribution >= 4 is 28.3 Å². The number of ether oxygens (including phenoxy) is 2. The van der Waals surface area contributed by atoms with Crippen LogP contribution in [-0.2, 0) is 4.74 Å². The zero-order valence-electron chi connectivity index (χ0n) is 18.7. The lowest BCUT2D eigenvalue weighted by Gasteiger charge is -2.28. The number of anilines is 1. The molecule has 34 heavy (non-hydrogen) atoms. The highest BCUT2D eigenvalue weighted by atomic mass is 35.5. The van der Waals surface area contributed by atoms with Gasteiger partial charge in [-0.05, 0) is 23.8 Å². The van der Waals surface area contributed by atoms with Gasteiger partial charge in [-0.3, -0.25) is 9.97 Å². The van der Waals surface area contributed by atoms with Crippen molar-refractivity contribution in [1.82, 2.24) is 24.9 Å². The van der Waals surface area contributed by atoms with Gasteiger partial charge >= 0.3 is 0 Å². The molecule has 1 aromatic carbocycles. The van der Waals surface area contributed by atoms with Crippen LogP contribution in [0.2, 0.25) is 5.02 Å². The van der Waals surface area contributed by atoms with Crippen molar-refractivity contribution < 1.29 is 13.9 Å². The Labute approximate surface area is 200 Å². The molecule has 5 rings (SSSR count). The molecule has 0 radical (unpaired) electrons. The summed E-state index contributed by atoms with van der Waals surface area (Å²) in [7, 11) is 1.53. The number of methoxy groups -OCH3 is 1. The zero-order valence-corrected chi connectivity index (χ0v) is 19.5. The summed E-state index contributed by atoms with van der Waals surface area (Å²) in [6, 6.07) is 4.93. The average Bonchev–Trinajstić information content (AvgIpc) is 2.88. The molecule has 1 aliphatic rings. The van der Waals surface area contributed by atoms with Crippen molar-refractivity contribution in [3.05, 3.63) is 65.2 Å². The van der Waals surface area contributed by atoms with Crippen LogP contribution in [0.15, 0.2) is 43.1 Å². The Morgan fingerprint density at radius 3 is 2.65 bits per heavy atom. The Bertz CT molecular complexity index is 1350. The van der Waals surface area contributed by atoms with Gasteiger partial charge in [-0.15, -0.1) is 0 Å². The molecule has 10 heteroatoms. The smallest absolute Gasteiger partial charge is 0.235 e. The molecule has 0 bridgehead atoms. The van der Waals surface area contributed by atoms with Gasteiger partial charge in [0, 0.05) is 42.0 Å². The number of pyridine rings is 1.